The predicted molar refractivity (Wildman–Crippen MR) is 92.7 cm³/mol. The molecular weight excluding hydrogens is 328 g/mol. The van der Waals surface area contributed by atoms with Crippen molar-refractivity contribution in [3.8, 4) is 5.75 Å². The minimum atomic E-state index is -3.58. The molecule has 0 saturated heterocycles. The third-order valence-corrected chi connectivity index (χ3v) is 4.92. The molecule has 0 radical (unpaired) electrons. The fraction of sp³-hybridized carbons (Fsp3) is 0.235. The Labute approximate surface area is 142 Å². The van der Waals surface area contributed by atoms with E-state index in [1.54, 1.807) is 49.6 Å². The second-order valence-electron chi connectivity index (χ2n) is 5.08. The molecule has 2 aromatic carbocycles. The molecule has 0 aliphatic heterocycles. The maximum absolute atomic E-state index is 12.2. The van der Waals surface area contributed by atoms with Gasteiger partial charge in [0.05, 0.1) is 12.0 Å². The molecule has 0 atom stereocenters. The highest BCUT2D eigenvalue weighted by atomic mass is 32.2. The topological polar surface area (TPSA) is 75.7 Å². The van der Waals surface area contributed by atoms with Gasteiger partial charge in [-0.1, -0.05) is 18.2 Å². The van der Waals surface area contributed by atoms with Gasteiger partial charge >= 0.3 is 0 Å². The second kappa shape index (κ2) is 7.94. The molecule has 0 heterocycles. The molecule has 24 heavy (non-hydrogen) atoms. The van der Waals surface area contributed by atoms with E-state index >= 15 is 0 Å². The highest BCUT2D eigenvalue weighted by Gasteiger charge is 2.15. The Morgan fingerprint density at radius 1 is 1.08 bits per heavy atom. The maximum Gasteiger partial charge on any atom is 0.240 e. The van der Waals surface area contributed by atoms with Crippen molar-refractivity contribution in [1.82, 2.24) is 4.72 Å². The Kier molecular flexibility index (Phi) is 5.94. The smallest absolute Gasteiger partial charge is 0.240 e. The van der Waals surface area contributed by atoms with Crippen molar-refractivity contribution >= 4 is 21.6 Å². The standard InChI is InChI=1S/C17H20N2O4S/c1-14(20)19(15-8-10-16(23-2)11-9-15)13-12-18-24(21,22)17-6-4-3-5-7-17/h3-11,18H,12-13H2,1-2H3. The van der Waals surface area contributed by atoms with Crippen LogP contribution in [0, 0.1) is 0 Å². The SMILES string of the molecule is COc1ccc(N(CCNS(=O)(=O)c2ccccc2)C(C)=O)cc1. The molecule has 0 bridgehead atoms. The van der Waals surface area contributed by atoms with Gasteiger partial charge in [-0.05, 0) is 36.4 Å². The van der Waals surface area contributed by atoms with Gasteiger partial charge < -0.3 is 9.64 Å². The minimum absolute atomic E-state index is 0.114. The van der Waals surface area contributed by atoms with E-state index < -0.39 is 10.0 Å². The van der Waals surface area contributed by atoms with Crippen LogP contribution in [0.15, 0.2) is 59.5 Å². The maximum atomic E-state index is 12.2. The van der Waals surface area contributed by atoms with E-state index in [1.165, 1.54) is 24.0 Å². The van der Waals surface area contributed by atoms with Crippen LogP contribution in [0.1, 0.15) is 6.92 Å². The molecule has 0 aromatic heterocycles. The van der Waals surface area contributed by atoms with Crippen LogP contribution in [-0.2, 0) is 14.8 Å². The number of ether oxygens (including phenoxy) is 1. The fourth-order valence-corrected chi connectivity index (χ4v) is 3.25. The van der Waals surface area contributed by atoms with Crippen LogP contribution < -0.4 is 14.4 Å². The highest BCUT2D eigenvalue weighted by molar-refractivity contribution is 7.89. The summed E-state index contributed by atoms with van der Waals surface area (Å²) in [5.74, 6) is 0.520. The normalized spacial score (nSPS) is 11.1. The summed E-state index contributed by atoms with van der Waals surface area (Å²) in [6.45, 7) is 1.78. The van der Waals surface area contributed by atoms with Gasteiger partial charge in [-0.2, -0.15) is 0 Å². The number of amides is 1. The third-order valence-electron chi connectivity index (χ3n) is 3.45. The van der Waals surface area contributed by atoms with E-state index in [0.29, 0.717) is 11.4 Å². The summed E-state index contributed by atoms with van der Waals surface area (Å²) in [6, 6.07) is 15.1. The van der Waals surface area contributed by atoms with Gasteiger partial charge in [0.2, 0.25) is 15.9 Å². The van der Waals surface area contributed by atoms with Gasteiger partial charge in [0.15, 0.2) is 0 Å². The zero-order chi connectivity index (χ0) is 17.6. The van der Waals surface area contributed by atoms with Crippen LogP contribution in [-0.4, -0.2) is 34.5 Å². The molecule has 0 fully saturated rings. The number of hydrogen-bond acceptors (Lipinski definition) is 4. The first-order valence-electron chi connectivity index (χ1n) is 7.41. The molecule has 1 N–H and O–H groups in total. The molecule has 0 aliphatic rings. The Balaban J connectivity index is 2.03. The van der Waals surface area contributed by atoms with Crippen molar-refractivity contribution in [1.29, 1.82) is 0 Å². The summed E-state index contributed by atoms with van der Waals surface area (Å²) in [7, 11) is -2.02. The Hall–Kier alpha value is -2.38. The summed E-state index contributed by atoms with van der Waals surface area (Å²) in [5.41, 5.74) is 0.683. The average Bonchev–Trinajstić information content (AvgIpc) is 2.59. The van der Waals surface area contributed by atoms with Crippen LogP contribution >= 0.6 is 0 Å². The average molecular weight is 348 g/mol. The van der Waals surface area contributed by atoms with Crippen LogP contribution in [0.4, 0.5) is 5.69 Å². The number of carbonyl (C=O) groups is 1. The number of sulfonamides is 1. The number of benzene rings is 2. The van der Waals surface area contributed by atoms with Crippen LogP contribution in [0.2, 0.25) is 0 Å². The second-order valence-corrected chi connectivity index (χ2v) is 6.85. The van der Waals surface area contributed by atoms with Crippen molar-refractivity contribution in [3.63, 3.8) is 0 Å². The van der Waals surface area contributed by atoms with Gasteiger partial charge in [-0.25, -0.2) is 13.1 Å². The first-order valence-corrected chi connectivity index (χ1v) is 8.89. The van der Waals surface area contributed by atoms with E-state index in [-0.39, 0.29) is 23.9 Å². The molecule has 0 spiro atoms. The summed E-state index contributed by atoms with van der Waals surface area (Å²) < 4.78 is 31.9. The molecule has 1 amide bonds. The lowest BCUT2D eigenvalue weighted by Gasteiger charge is -2.21. The molecule has 128 valence electrons. The fourth-order valence-electron chi connectivity index (χ4n) is 2.21. The zero-order valence-electron chi connectivity index (χ0n) is 13.6. The van der Waals surface area contributed by atoms with E-state index in [4.69, 9.17) is 4.74 Å². The lowest BCUT2D eigenvalue weighted by Crippen LogP contribution is -2.37. The van der Waals surface area contributed by atoms with Gasteiger partial charge in [-0.15, -0.1) is 0 Å². The Bertz CT molecular complexity index is 774. The van der Waals surface area contributed by atoms with Crippen LogP contribution in [0.3, 0.4) is 0 Å². The summed E-state index contributed by atoms with van der Waals surface area (Å²) >= 11 is 0. The molecule has 0 unspecified atom stereocenters. The Morgan fingerprint density at radius 2 is 1.71 bits per heavy atom. The number of anilines is 1. The molecule has 6 nitrogen and oxygen atoms in total. The lowest BCUT2D eigenvalue weighted by molar-refractivity contribution is -0.116. The third kappa shape index (κ3) is 4.56. The number of carbonyl (C=O) groups excluding carboxylic acids is 1. The molecule has 2 aromatic rings. The van der Waals surface area contributed by atoms with E-state index in [1.807, 2.05) is 0 Å². The first-order chi connectivity index (χ1) is 11.4. The molecule has 0 aliphatic carbocycles. The van der Waals surface area contributed by atoms with Crippen molar-refractivity contribution < 1.29 is 17.9 Å². The summed E-state index contributed by atoms with van der Waals surface area (Å²) in [4.78, 5) is 13.5. The van der Waals surface area contributed by atoms with E-state index in [0.717, 1.165) is 0 Å². The van der Waals surface area contributed by atoms with Crippen molar-refractivity contribution in [2.24, 2.45) is 0 Å². The summed E-state index contributed by atoms with van der Waals surface area (Å²) in [5, 5.41) is 0. The van der Waals surface area contributed by atoms with Gasteiger partial charge in [0.1, 0.15) is 5.75 Å². The van der Waals surface area contributed by atoms with E-state index in [2.05, 4.69) is 4.72 Å². The van der Waals surface area contributed by atoms with Gasteiger partial charge in [0.25, 0.3) is 0 Å². The number of rotatable bonds is 7. The van der Waals surface area contributed by atoms with Gasteiger partial charge in [0, 0.05) is 25.7 Å². The van der Waals surface area contributed by atoms with Crippen molar-refractivity contribution in [2.75, 3.05) is 25.1 Å². The zero-order valence-corrected chi connectivity index (χ0v) is 14.4. The molecular formula is C17H20N2O4S. The monoisotopic (exact) mass is 348 g/mol. The van der Waals surface area contributed by atoms with Crippen molar-refractivity contribution in [2.45, 2.75) is 11.8 Å². The number of nitrogens with zero attached hydrogens (tertiary/aromatic N) is 1. The van der Waals surface area contributed by atoms with Crippen LogP contribution in [0.25, 0.3) is 0 Å². The minimum Gasteiger partial charge on any atom is -0.497 e. The van der Waals surface area contributed by atoms with Crippen molar-refractivity contribution in [3.05, 3.63) is 54.6 Å². The molecule has 0 saturated carbocycles. The largest absolute Gasteiger partial charge is 0.497 e. The lowest BCUT2D eigenvalue weighted by atomic mass is 10.2. The highest BCUT2D eigenvalue weighted by Crippen LogP contribution is 2.19. The number of hydrogen-bond donors (Lipinski definition) is 1. The number of nitrogens with one attached hydrogen (secondary N) is 1. The van der Waals surface area contributed by atoms with Crippen LogP contribution in [0.5, 0.6) is 5.75 Å². The first kappa shape index (κ1) is 18.0. The predicted octanol–water partition coefficient (Wildman–Crippen LogP) is 2.03. The molecule has 7 heteroatoms. The van der Waals surface area contributed by atoms with Gasteiger partial charge in [-0.3, -0.25) is 4.79 Å². The quantitative estimate of drug-likeness (QED) is 0.831. The number of methoxy groups -OCH3 is 1. The Morgan fingerprint density at radius 3 is 2.25 bits per heavy atom. The van der Waals surface area contributed by atoms with E-state index in [9.17, 15) is 13.2 Å². The molecule has 2 rings (SSSR count). The summed E-state index contributed by atoms with van der Waals surface area (Å²) in [6.07, 6.45) is 0.